The van der Waals surface area contributed by atoms with Crippen LogP contribution in [-0.4, -0.2) is 43.2 Å². The normalized spacial score (nSPS) is 18.9. The van der Waals surface area contributed by atoms with Crippen LogP contribution in [0.5, 0.6) is 0 Å². The topological polar surface area (TPSA) is 97.3 Å². The van der Waals surface area contributed by atoms with Crippen molar-refractivity contribution in [1.82, 2.24) is 19.4 Å². The van der Waals surface area contributed by atoms with Crippen molar-refractivity contribution in [2.24, 2.45) is 0 Å². The standard InChI is InChI=1S/C12H14IN5O2/c13-8-5-17(11-9(8)10(14)15-6-16-11)4-7-2-1-3-18(7)12(19)20/h5-7H,1-4H2,(H,19,20)(H2,14,15,16)/t7-/m0/s1. The highest BCUT2D eigenvalue weighted by Crippen LogP contribution is 2.27. The summed E-state index contributed by atoms with van der Waals surface area (Å²) in [6.45, 7) is 1.20. The molecule has 1 amide bonds. The molecule has 0 saturated carbocycles. The highest BCUT2D eigenvalue weighted by molar-refractivity contribution is 14.1. The summed E-state index contributed by atoms with van der Waals surface area (Å²) >= 11 is 2.20. The molecule has 0 aromatic carbocycles. The number of hydrogen-bond acceptors (Lipinski definition) is 4. The van der Waals surface area contributed by atoms with E-state index in [0.717, 1.165) is 27.4 Å². The van der Waals surface area contributed by atoms with Gasteiger partial charge in [-0.1, -0.05) is 0 Å². The van der Waals surface area contributed by atoms with E-state index in [1.807, 2.05) is 10.8 Å². The highest BCUT2D eigenvalue weighted by Gasteiger charge is 2.29. The lowest BCUT2D eigenvalue weighted by atomic mass is 10.2. The van der Waals surface area contributed by atoms with Crippen LogP contribution in [0.3, 0.4) is 0 Å². The second kappa shape index (κ2) is 5.08. The van der Waals surface area contributed by atoms with Crippen molar-refractivity contribution < 1.29 is 9.90 Å². The minimum atomic E-state index is -0.854. The third kappa shape index (κ3) is 2.17. The molecule has 7 nitrogen and oxygen atoms in total. The molecule has 1 atom stereocenters. The number of likely N-dealkylation sites (tertiary alicyclic amines) is 1. The van der Waals surface area contributed by atoms with Gasteiger partial charge in [0.25, 0.3) is 0 Å². The van der Waals surface area contributed by atoms with Gasteiger partial charge < -0.3 is 20.3 Å². The van der Waals surface area contributed by atoms with Crippen LogP contribution in [-0.2, 0) is 6.54 Å². The largest absolute Gasteiger partial charge is 0.465 e. The van der Waals surface area contributed by atoms with E-state index in [0.29, 0.717) is 18.9 Å². The van der Waals surface area contributed by atoms with E-state index < -0.39 is 6.09 Å². The van der Waals surface area contributed by atoms with E-state index in [2.05, 4.69) is 32.6 Å². The van der Waals surface area contributed by atoms with Gasteiger partial charge in [-0.05, 0) is 35.4 Å². The van der Waals surface area contributed by atoms with E-state index in [9.17, 15) is 9.90 Å². The van der Waals surface area contributed by atoms with E-state index in [1.165, 1.54) is 11.2 Å². The number of nitrogens with zero attached hydrogens (tertiary/aromatic N) is 4. The van der Waals surface area contributed by atoms with E-state index in [1.54, 1.807) is 0 Å². The van der Waals surface area contributed by atoms with Crippen molar-refractivity contribution in [2.75, 3.05) is 12.3 Å². The zero-order valence-corrected chi connectivity index (χ0v) is 12.8. The van der Waals surface area contributed by atoms with Gasteiger partial charge in [-0.2, -0.15) is 0 Å². The molecule has 1 saturated heterocycles. The molecule has 3 heterocycles. The lowest BCUT2D eigenvalue weighted by Crippen LogP contribution is -2.36. The van der Waals surface area contributed by atoms with Gasteiger partial charge in [-0.15, -0.1) is 0 Å². The molecule has 0 radical (unpaired) electrons. The molecule has 3 N–H and O–H groups in total. The Labute approximate surface area is 128 Å². The number of carbonyl (C=O) groups is 1. The molecular formula is C12H14IN5O2. The number of hydrogen-bond donors (Lipinski definition) is 2. The Balaban J connectivity index is 1.96. The Hall–Kier alpha value is -1.58. The van der Waals surface area contributed by atoms with Gasteiger partial charge in [0.05, 0.1) is 11.4 Å². The van der Waals surface area contributed by atoms with Crippen molar-refractivity contribution in [3.63, 3.8) is 0 Å². The minimum absolute atomic E-state index is 0.00455. The molecule has 106 valence electrons. The molecule has 1 fully saturated rings. The summed E-state index contributed by atoms with van der Waals surface area (Å²) in [5.41, 5.74) is 6.64. The predicted molar refractivity (Wildman–Crippen MR) is 82.4 cm³/mol. The molecule has 0 spiro atoms. The number of carboxylic acid groups (broad SMARTS) is 1. The maximum Gasteiger partial charge on any atom is 0.407 e. The monoisotopic (exact) mass is 387 g/mol. The molecule has 20 heavy (non-hydrogen) atoms. The van der Waals surface area contributed by atoms with Gasteiger partial charge in [0.1, 0.15) is 17.8 Å². The van der Waals surface area contributed by atoms with Crippen LogP contribution in [0.15, 0.2) is 12.5 Å². The van der Waals surface area contributed by atoms with Crippen LogP contribution in [0, 0.1) is 3.57 Å². The van der Waals surface area contributed by atoms with Crippen molar-refractivity contribution in [2.45, 2.75) is 25.4 Å². The Kier molecular flexibility index (Phi) is 3.40. The smallest absolute Gasteiger partial charge is 0.407 e. The van der Waals surface area contributed by atoms with E-state index in [-0.39, 0.29) is 6.04 Å². The van der Waals surface area contributed by atoms with Crippen LogP contribution in [0.2, 0.25) is 0 Å². The number of halogens is 1. The summed E-state index contributed by atoms with van der Waals surface area (Å²) in [6, 6.07) is -0.00455. The van der Waals surface area contributed by atoms with Crippen LogP contribution >= 0.6 is 22.6 Å². The lowest BCUT2D eigenvalue weighted by Gasteiger charge is -2.22. The molecule has 2 aromatic rings. The lowest BCUT2D eigenvalue weighted by molar-refractivity contribution is 0.136. The molecule has 8 heteroatoms. The fourth-order valence-corrected chi connectivity index (χ4v) is 3.60. The van der Waals surface area contributed by atoms with Crippen LogP contribution in [0.1, 0.15) is 12.8 Å². The van der Waals surface area contributed by atoms with Gasteiger partial charge in [0.2, 0.25) is 0 Å². The third-order valence-corrected chi connectivity index (χ3v) is 4.48. The van der Waals surface area contributed by atoms with E-state index in [4.69, 9.17) is 5.73 Å². The number of anilines is 1. The maximum atomic E-state index is 11.2. The molecule has 1 aliphatic heterocycles. The van der Waals surface area contributed by atoms with Crippen molar-refractivity contribution in [3.8, 4) is 0 Å². The first-order chi connectivity index (χ1) is 9.58. The number of aromatic nitrogens is 3. The Bertz CT molecular complexity index is 671. The summed E-state index contributed by atoms with van der Waals surface area (Å²) in [5.74, 6) is 0.458. The van der Waals surface area contributed by atoms with Gasteiger partial charge in [-0.3, -0.25) is 0 Å². The molecule has 0 aliphatic carbocycles. The zero-order valence-electron chi connectivity index (χ0n) is 10.7. The first-order valence-corrected chi connectivity index (χ1v) is 7.40. The molecular weight excluding hydrogens is 373 g/mol. The average molecular weight is 387 g/mol. The van der Waals surface area contributed by atoms with Gasteiger partial charge in [0, 0.05) is 22.9 Å². The second-order valence-electron chi connectivity index (χ2n) is 4.86. The highest BCUT2D eigenvalue weighted by atomic mass is 127. The number of fused-ring (bicyclic) bond motifs is 1. The number of rotatable bonds is 2. The van der Waals surface area contributed by atoms with Crippen LogP contribution in [0.4, 0.5) is 10.6 Å². The Morgan fingerprint density at radius 1 is 1.55 bits per heavy atom. The first-order valence-electron chi connectivity index (χ1n) is 6.32. The molecule has 3 rings (SSSR count). The Morgan fingerprint density at radius 3 is 3.10 bits per heavy atom. The quantitative estimate of drug-likeness (QED) is 0.766. The number of nitrogen functional groups attached to an aromatic ring is 1. The zero-order chi connectivity index (χ0) is 14.3. The SMILES string of the molecule is Nc1ncnc2c1c(I)cn2C[C@@H]1CCCN1C(=O)O. The second-order valence-corrected chi connectivity index (χ2v) is 6.02. The average Bonchev–Trinajstić information content (AvgIpc) is 2.97. The summed E-state index contributed by atoms with van der Waals surface area (Å²) in [4.78, 5) is 21.0. The molecule has 0 bridgehead atoms. The number of nitrogens with two attached hydrogens (primary N) is 1. The first kappa shape index (κ1) is 13.4. The van der Waals surface area contributed by atoms with Crippen molar-refractivity contribution in [1.29, 1.82) is 0 Å². The summed E-state index contributed by atoms with van der Waals surface area (Å²) in [5, 5.41) is 10.0. The van der Waals surface area contributed by atoms with Crippen LogP contribution < -0.4 is 5.73 Å². The summed E-state index contributed by atoms with van der Waals surface area (Å²) in [6.07, 6.45) is 4.32. The summed E-state index contributed by atoms with van der Waals surface area (Å²) < 4.78 is 2.96. The van der Waals surface area contributed by atoms with E-state index >= 15 is 0 Å². The fraction of sp³-hybridized carbons (Fsp3) is 0.417. The van der Waals surface area contributed by atoms with Crippen LogP contribution in [0.25, 0.3) is 11.0 Å². The predicted octanol–water partition coefficient (Wildman–Crippen LogP) is 1.76. The third-order valence-electron chi connectivity index (χ3n) is 3.67. The van der Waals surface area contributed by atoms with Crippen molar-refractivity contribution in [3.05, 3.63) is 16.1 Å². The summed E-state index contributed by atoms with van der Waals surface area (Å²) in [7, 11) is 0. The van der Waals surface area contributed by atoms with Gasteiger partial charge >= 0.3 is 6.09 Å². The fourth-order valence-electron chi connectivity index (χ4n) is 2.74. The number of amides is 1. The molecule has 0 unspecified atom stereocenters. The molecule has 1 aliphatic rings. The van der Waals surface area contributed by atoms with Gasteiger partial charge in [0.15, 0.2) is 0 Å². The minimum Gasteiger partial charge on any atom is -0.465 e. The van der Waals surface area contributed by atoms with Crippen molar-refractivity contribution >= 4 is 45.5 Å². The maximum absolute atomic E-state index is 11.2. The molecule has 2 aromatic heterocycles. The van der Waals surface area contributed by atoms with Gasteiger partial charge in [-0.25, -0.2) is 14.8 Å². The Morgan fingerprint density at radius 2 is 2.35 bits per heavy atom.